The zero-order valence-corrected chi connectivity index (χ0v) is 25.2. The predicted octanol–water partition coefficient (Wildman–Crippen LogP) is 4.03. The minimum atomic E-state index is -3.86. The quantitative estimate of drug-likeness (QED) is 0.307. The van der Waals surface area contributed by atoms with Crippen LogP contribution in [0.5, 0.6) is 0 Å². The van der Waals surface area contributed by atoms with Crippen molar-refractivity contribution in [2.75, 3.05) is 43.6 Å². The molecule has 44 heavy (non-hydrogen) atoms. The second kappa shape index (κ2) is 10.9. The molecular formula is C34H32N4O5S. The second-order valence-electron chi connectivity index (χ2n) is 11.6. The van der Waals surface area contributed by atoms with E-state index >= 15 is 0 Å². The van der Waals surface area contributed by atoms with Crippen molar-refractivity contribution < 1.29 is 22.8 Å². The summed E-state index contributed by atoms with van der Waals surface area (Å²) in [6.07, 6.45) is 0.641. The summed E-state index contributed by atoms with van der Waals surface area (Å²) in [5.41, 5.74) is 3.09. The van der Waals surface area contributed by atoms with Crippen molar-refractivity contribution in [3.8, 4) is 0 Å². The molecule has 0 N–H and O–H groups in total. The summed E-state index contributed by atoms with van der Waals surface area (Å²) in [4.78, 5) is 45.2. The van der Waals surface area contributed by atoms with Gasteiger partial charge >= 0.3 is 0 Å². The third-order valence-corrected chi connectivity index (χ3v) is 10.9. The first-order valence-corrected chi connectivity index (χ1v) is 16.3. The Balaban J connectivity index is 0.997. The smallest absolute Gasteiger partial charge is 0.264 e. The number of benzene rings is 4. The van der Waals surface area contributed by atoms with Crippen molar-refractivity contribution >= 4 is 44.2 Å². The number of fused-ring (bicyclic) bond motifs is 1. The van der Waals surface area contributed by atoms with E-state index in [1.54, 1.807) is 35.2 Å². The van der Waals surface area contributed by atoms with E-state index in [9.17, 15) is 22.8 Å². The lowest BCUT2D eigenvalue weighted by atomic mass is 9.94. The van der Waals surface area contributed by atoms with Gasteiger partial charge in [-0.3, -0.25) is 28.5 Å². The molecule has 0 radical (unpaired) electrons. The largest absolute Gasteiger partial charge is 0.336 e. The van der Waals surface area contributed by atoms with Crippen LogP contribution < -0.4 is 4.31 Å². The highest BCUT2D eigenvalue weighted by molar-refractivity contribution is 7.92. The molecule has 4 aromatic rings. The molecule has 10 heteroatoms. The van der Waals surface area contributed by atoms with E-state index < -0.39 is 10.0 Å². The Morgan fingerprint density at radius 3 is 2.16 bits per heavy atom. The van der Waals surface area contributed by atoms with Crippen LogP contribution in [0.15, 0.2) is 89.8 Å². The van der Waals surface area contributed by atoms with Crippen molar-refractivity contribution in [1.82, 2.24) is 14.7 Å². The number of carbonyl (C=O) groups is 3. The molecule has 0 aromatic heterocycles. The Morgan fingerprint density at radius 1 is 0.795 bits per heavy atom. The number of nitrogens with zero attached hydrogens (tertiary/aromatic N) is 4. The van der Waals surface area contributed by atoms with Gasteiger partial charge < -0.3 is 4.90 Å². The van der Waals surface area contributed by atoms with Crippen LogP contribution in [0.25, 0.3) is 10.8 Å². The zero-order valence-electron chi connectivity index (χ0n) is 24.3. The summed E-state index contributed by atoms with van der Waals surface area (Å²) in [5.74, 6) is -0.785. The van der Waals surface area contributed by atoms with E-state index in [4.69, 9.17) is 0 Å². The highest BCUT2D eigenvalue weighted by Gasteiger charge is 2.37. The number of rotatable bonds is 6. The molecule has 1 fully saturated rings. The summed E-state index contributed by atoms with van der Waals surface area (Å²) in [6.45, 7) is 4.71. The van der Waals surface area contributed by atoms with Gasteiger partial charge in [0, 0.05) is 67.4 Å². The van der Waals surface area contributed by atoms with Gasteiger partial charge in [0.15, 0.2) is 0 Å². The normalized spacial score (nSPS) is 18.7. The van der Waals surface area contributed by atoms with Gasteiger partial charge in [-0.25, -0.2) is 8.42 Å². The molecule has 0 saturated carbocycles. The summed E-state index contributed by atoms with van der Waals surface area (Å²) in [5, 5.41) is 1.59. The molecule has 3 aliphatic rings. The maximum atomic E-state index is 13.7. The molecule has 3 heterocycles. The molecule has 3 aliphatic heterocycles. The Kier molecular flexibility index (Phi) is 6.98. The van der Waals surface area contributed by atoms with Crippen LogP contribution in [-0.2, 0) is 16.4 Å². The molecular weight excluding hydrogens is 576 g/mol. The standard InChI is InChI=1S/C34H32N4O5S/c1-23-21-25-7-2-3-14-30(25)38(23)44(42,43)27-11-4-10-26(22-27)32(39)36-18-15-35(16-19-36)17-20-37-33(40)28-12-5-8-24-9-6-13-29(31(24)28)34(37)41/h2-14,22-23H,15-21H2,1H3/t23-/m0/s1. The van der Waals surface area contributed by atoms with Gasteiger partial charge in [-0.15, -0.1) is 0 Å². The van der Waals surface area contributed by atoms with E-state index in [0.29, 0.717) is 66.9 Å². The molecule has 224 valence electrons. The van der Waals surface area contributed by atoms with Gasteiger partial charge in [0.2, 0.25) is 0 Å². The molecule has 9 nitrogen and oxygen atoms in total. The van der Waals surface area contributed by atoms with E-state index in [1.807, 2.05) is 55.5 Å². The first-order chi connectivity index (χ1) is 21.2. The third-order valence-electron chi connectivity index (χ3n) is 8.94. The zero-order chi connectivity index (χ0) is 30.6. The van der Waals surface area contributed by atoms with Crippen molar-refractivity contribution in [3.05, 3.63) is 107 Å². The highest BCUT2D eigenvalue weighted by Crippen LogP contribution is 2.36. The van der Waals surface area contributed by atoms with E-state index in [2.05, 4.69) is 4.90 Å². The highest BCUT2D eigenvalue weighted by atomic mass is 32.2. The van der Waals surface area contributed by atoms with Gasteiger partial charge in [-0.1, -0.05) is 48.5 Å². The molecule has 0 bridgehead atoms. The molecule has 1 atom stereocenters. The SMILES string of the molecule is C[C@H]1Cc2ccccc2N1S(=O)(=O)c1cccc(C(=O)N2CCN(CCN3C(=O)c4cccc5cccc(c45)C3=O)CC2)c1. The van der Waals surface area contributed by atoms with Crippen LogP contribution in [0.1, 0.15) is 43.6 Å². The molecule has 1 saturated heterocycles. The number of carbonyl (C=O) groups excluding carboxylic acids is 3. The Labute approximate surface area is 256 Å². The van der Waals surface area contributed by atoms with Crippen LogP contribution in [0.4, 0.5) is 5.69 Å². The molecule has 0 aliphatic carbocycles. The fraction of sp³-hybridized carbons (Fsp3) is 0.265. The number of amides is 3. The number of anilines is 1. The monoisotopic (exact) mass is 608 g/mol. The fourth-order valence-electron chi connectivity index (χ4n) is 6.69. The molecule has 4 aromatic carbocycles. The van der Waals surface area contributed by atoms with E-state index in [0.717, 1.165) is 10.9 Å². The van der Waals surface area contributed by atoms with Crippen molar-refractivity contribution in [3.63, 3.8) is 0 Å². The lowest BCUT2D eigenvalue weighted by Crippen LogP contribution is -2.51. The van der Waals surface area contributed by atoms with E-state index in [-0.39, 0.29) is 35.2 Å². The fourth-order valence-corrected chi connectivity index (χ4v) is 8.43. The first kappa shape index (κ1) is 28.2. The number of piperazine rings is 1. The number of hydrogen-bond acceptors (Lipinski definition) is 6. The second-order valence-corrected chi connectivity index (χ2v) is 13.4. The van der Waals surface area contributed by atoms with Crippen molar-refractivity contribution in [2.24, 2.45) is 0 Å². The maximum absolute atomic E-state index is 13.7. The van der Waals surface area contributed by atoms with Crippen molar-refractivity contribution in [1.29, 1.82) is 0 Å². The molecule has 3 amide bonds. The average molecular weight is 609 g/mol. The van der Waals surface area contributed by atoms with Crippen LogP contribution >= 0.6 is 0 Å². The van der Waals surface area contributed by atoms with Gasteiger partial charge in [0.25, 0.3) is 27.7 Å². The average Bonchev–Trinajstić information content (AvgIpc) is 3.40. The first-order valence-electron chi connectivity index (χ1n) is 14.9. The van der Waals surface area contributed by atoms with E-state index in [1.165, 1.54) is 15.3 Å². The minimum Gasteiger partial charge on any atom is -0.336 e. The van der Waals surface area contributed by atoms with Crippen LogP contribution in [0.2, 0.25) is 0 Å². The predicted molar refractivity (Wildman–Crippen MR) is 167 cm³/mol. The minimum absolute atomic E-state index is 0.0960. The van der Waals surface area contributed by atoms with Gasteiger partial charge in [-0.05, 0) is 60.7 Å². The van der Waals surface area contributed by atoms with Gasteiger partial charge in [0.05, 0.1) is 10.6 Å². The van der Waals surface area contributed by atoms with Crippen LogP contribution in [0, 0.1) is 0 Å². The topological polar surface area (TPSA) is 98.3 Å². The van der Waals surface area contributed by atoms with Gasteiger partial charge in [-0.2, -0.15) is 0 Å². The van der Waals surface area contributed by atoms with Crippen LogP contribution in [-0.4, -0.2) is 86.1 Å². The molecule has 0 spiro atoms. The Morgan fingerprint density at radius 2 is 1.45 bits per heavy atom. The number of para-hydroxylation sites is 1. The summed E-state index contributed by atoms with van der Waals surface area (Å²) < 4.78 is 28.9. The number of imide groups is 1. The summed E-state index contributed by atoms with van der Waals surface area (Å²) in [6, 6.07) is 24.6. The summed E-state index contributed by atoms with van der Waals surface area (Å²) >= 11 is 0. The maximum Gasteiger partial charge on any atom is 0.264 e. The lowest BCUT2D eigenvalue weighted by molar-refractivity contribution is 0.0550. The summed E-state index contributed by atoms with van der Waals surface area (Å²) in [7, 11) is -3.86. The van der Waals surface area contributed by atoms with Crippen molar-refractivity contribution in [2.45, 2.75) is 24.3 Å². The van der Waals surface area contributed by atoms with Crippen LogP contribution in [0.3, 0.4) is 0 Å². The Bertz CT molecular complexity index is 1880. The third kappa shape index (κ3) is 4.65. The lowest BCUT2D eigenvalue weighted by Gasteiger charge is -2.36. The number of hydrogen-bond donors (Lipinski definition) is 0. The number of sulfonamides is 1. The Hall–Kier alpha value is -4.54. The molecule has 7 rings (SSSR count). The van der Waals surface area contributed by atoms with Gasteiger partial charge in [0.1, 0.15) is 0 Å². The molecule has 0 unspecified atom stereocenters.